The molecule has 3 rings (SSSR count). The van der Waals surface area contributed by atoms with Crippen LogP contribution in [0.25, 0.3) is 10.8 Å². The van der Waals surface area contributed by atoms with E-state index in [-0.39, 0.29) is 30.3 Å². The summed E-state index contributed by atoms with van der Waals surface area (Å²) in [6, 6.07) is 14.9. The zero-order chi connectivity index (χ0) is 16.4. The van der Waals surface area contributed by atoms with Gasteiger partial charge in [0.25, 0.3) is 0 Å². The highest BCUT2D eigenvalue weighted by Crippen LogP contribution is 2.49. The number of nitrogens with one attached hydrogen (secondary N) is 1. The Labute approximate surface area is 150 Å². The molecule has 130 valence electrons. The third kappa shape index (κ3) is 4.08. The van der Waals surface area contributed by atoms with Gasteiger partial charge < -0.3 is 11.1 Å². The van der Waals surface area contributed by atoms with Crippen molar-refractivity contribution in [2.75, 3.05) is 6.54 Å². The molecule has 3 atom stereocenters. The summed E-state index contributed by atoms with van der Waals surface area (Å²) in [4.78, 5) is 12.5. The van der Waals surface area contributed by atoms with Crippen molar-refractivity contribution in [2.45, 2.75) is 38.6 Å². The van der Waals surface area contributed by atoms with E-state index >= 15 is 0 Å². The second kappa shape index (κ2) is 8.00. The minimum atomic E-state index is 0. The molecule has 3 N–H and O–H groups in total. The van der Waals surface area contributed by atoms with Crippen LogP contribution in [-0.4, -0.2) is 18.5 Å². The van der Waals surface area contributed by atoms with Gasteiger partial charge in [0.05, 0.1) is 0 Å². The average Bonchev–Trinajstić information content (AvgIpc) is 3.33. The first kappa shape index (κ1) is 18.8. The molecule has 1 saturated carbocycles. The van der Waals surface area contributed by atoms with Crippen LogP contribution in [0.15, 0.2) is 42.5 Å². The van der Waals surface area contributed by atoms with E-state index in [1.54, 1.807) is 0 Å². The molecule has 2 aromatic rings. The van der Waals surface area contributed by atoms with Crippen molar-refractivity contribution >= 4 is 29.1 Å². The lowest BCUT2D eigenvalue weighted by molar-refractivity contribution is -0.123. The van der Waals surface area contributed by atoms with Crippen molar-refractivity contribution in [3.63, 3.8) is 0 Å². The summed E-state index contributed by atoms with van der Waals surface area (Å²) in [5.74, 6) is 1.15. The summed E-state index contributed by atoms with van der Waals surface area (Å²) in [6.07, 6.45) is 1.88. The second-order valence-corrected chi connectivity index (χ2v) is 7.09. The quantitative estimate of drug-likeness (QED) is 0.834. The molecule has 0 aliphatic heterocycles. The summed E-state index contributed by atoms with van der Waals surface area (Å²) >= 11 is 0. The van der Waals surface area contributed by atoms with E-state index in [1.165, 1.54) is 16.3 Å². The Morgan fingerprint density at radius 1 is 1.21 bits per heavy atom. The van der Waals surface area contributed by atoms with Gasteiger partial charge in [-0.15, -0.1) is 12.4 Å². The fraction of sp³-hybridized carbons (Fsp3) is 0.450. The summed E-state index contributed by atoms with van der Waals surface area (Å²) in [7, 11) is 0. The van der Waals surface area contributed by atoms with Gasteiger partial charge in [-0.1, -0.05) is 56.3 Å². The van der Waals surface area contributed by atoms with Crippen LogP contribution in [0, 0.1) is 11.8 Å². The van der Waals surface area contributed by atoms with Crippen molar-refractivity contribution in [1.29, 1.82) is 0 Å². The summed E-state index contributed by atoms with van der Waals surface area (Å²) in [5, 5.41) is 5.66. The van der Waals surface area contributed by atoms with Gasteiger partial charge in [-0.2, -0.15) is 0 Å². The first-order valence-corrected chi connectivity index (χ1v) is 8.58. The van der Waals surface area contributed by atoms with Crippen LogP contribution < -0.4 is 11.1 Å². The van der Waals surface area contributed by atoms with E-state index in [0.29, 0.717) is 18.4 Å². The molecule has 4 heteroatoms. The van der Waals surface area contributed by atoms with Crippen LogP contribution in [0.5, 0.6) is 0 Å². The van der Waals surface area contributed by atoms with Crippen LogP contribution in [0.2, 0.25) is 0 Å². The zero-order valence-corrected chi connectivity index (χ0v) is 15.2. The fourth-order valence-corrected chi connectivity index (χ4v) is 3.49. The maximum absolute atomic E-state index is 12.5. The predicted octanol–water partition coefficient (Wildman–Crippen LogP) is 3.85. The predicted molar refractivity (Wildman–Crippen MR) is 102 cm³/mol. The van der Waals surface area contributed by atoms with E-state index < -0.39 is 0 Å². The van der Waals surface area contributed by atoms with E-state index in [9.17, 15) is 4.79 Å². The first-order valence-electron chi connectivity index (χ1n) is 8.58. The summed E-state index contributed by atoms with van der Waals surface area (Å²) in [5.41, 5.74) is 7.10. The monoisotopic (exact) mass is 346 g/mol. The van der Waals surface area contributed by atoms with E-state index in [2.05, 4.69) is 61.6 Å². The highest BCUT2D eigenvalue weighted by molar-refractivity contribution is 5.89. The molecular weight excluding hydrogens is 320 g/mol. The number of hydrogen-bond donors (Lipinski definition) is 2. The number of fused-ring (bicyclic) bond motifs is 1. The number of carbonyl (C=O) groups excluding carboxylic acids is 1. The zero-order valence-electron chi connectivity index (χ0n) is 14.4. The van der Waals surface area contributed by atoms with Crippen LogP contribution in [0.4, 0.5) is 0 Å². The SMILES string of the molecule is CC(C)CC(CN)NC(=O)C1CC1c1cccc2ccccc12.Cl. The molecule has 1 amide bonds. The van der Waals surface area contributed by atoms with E-state index in [1.807, 2.05) is 0 Å². The number of benzene rings is 2. The second-order valence-electron chi connectivity index (χ2n) is 7.09. The minimum Gasteiger partial charge on any atom is -0.352 e. The standard InChI is InChI=1S/C20H26N2O.ClH/c1-13(2)10-15(12-21)22-20(23)19-11-18(19)17-9-5-7-14-6-3-4-8-16(14)17;/h3-9,13,15,18-19H,10-12,21H2,1-2H3,(H,22,23);1H. The molecule has 3 nitrogen and oxygen atoms in total. The van der Waals surface area contributed by atoms with Gasteiger partial charge in [0.15, 0.2) is 0 Å². The normalized spacial score (nSPS) is 20.5. The van der Waals surface area contributed by atoms with Gasteiger partial charge >= 0.3 is 0 Å². The maximum Gasteiger partial charge on any atom is 0.224 e. The number of hydrogen-bond acceptors (Lipinski definition) is 2. The number of rotatable bonds is 6. The maximum atomic E-state index is 12.5. The third-order valence-corrected chi connectivity index (χ3v) is 4.74. The van der Waals surface area contributed by atoms with Crippen molar-refractivity contribution in [3.8, 4) is 0 Å². The number of carbonyl (C=O) groups is 1. The molecule has 1 aliphatic carbocycles. The third-order valence-electron chi connectivity index (χ3n) is 4.74. The molecule has 0 spiro atoms. The molecule has 24 heavy (non-hydrogen) atoms. The molecule has 0 bridgehead atoms. The van der Waals surface area contributed by atoms with Crippen LogP contribution in [0.3, 0.4) is 0 Å². The van der Waals surface area contributed by atoms with Crippen molar-refractivity contribution < 1.29 is 4.79 Å². The summed E-state index contributed by atoms with van der Waals surface area (Å²) < 4.78 is 0. The van der Waals surface area contributed by atoms with Crippen molar-refractivity contribution in [3.05, 3.63) is 48.0 Å². The number of halogens is 1. The highest BCUT2D eigenvalue weighted by atomic mass is 35.5. The number of amides is 1. The first-order chi connectivity index (χ1) is 11.1. The van der Waals surface area contributed by atoms with Gasteiger partial charge in [0.1, 0.15) is 0 Å². The molecule has 0 radical (unpaired) electrons. The minimum absolute atomic E-state index is 0. The van der Waals surface area contributed by atoms with Gasteiger partial charge in [-0.25, -0.2) is 0 Å². The molecule has 0 heterocycles. The van der Waals surface area contributed by atoms with Gasteiger partial charge in [0.2, 0.25) is 5.91 Å². The molecule has 1 fully saturated rings. The molecule has 3 unspecified atom stereocenters. The lowest BCUT2D eigenvalue weighted by Gasteiger charge is -2.19. The van der Waals surface area contributed by atoms with Gasteiger partial charge in [-0.3, -0.25) is 4.79 Å². The Kier molecular flexibility index (Phi) is 6.25. The molecular formula is C20H27ClN2O. The molecule has 0 aromatic heterocycles. The van der Waals surface area contributed by atoms with Crippen molar-refractivity contribution in [2.24, 2.45) is 17.6 Å². The Morgan fingerprint density at radius 3 is 2.62 bits per heavy atom. The number of nitrogens with two attached hydrogens (primary N) is 1. The Bertz CT molecular complexity index is 696. The van der Waals surface area contributed by atoms with Crippen molar-refractivity contribution in [1.82, 2.24) is 5.32 Å². The lowest BCUT2D eigenvalue weighted by Crippen LogP contribution is -2.41. The Balaban J connectivity index is 0.00000208. The highest BCUT2D eigenvalue weighted by Gasteiger charge is 2.44. The summed E-state index contributed by atoms with van der Waals surface area (Å²) in [6.45, 7) is 4.82. The molecule has 0 saturated heterocycles. The lowest BCUT2D eigenvalue weighted by atomic mass is 9.99. The van der Waals surface area contributed by atoms with E-state index in [4.69, 9.17) is 5.73 Å². The largest absolute Gasteiger partial charge is 0.352 e. The fourth-order valence-electron chi connectivity index (χ4n) is 3.49. The van der Waals surface area contributed by atoms with Crippen LogP contribution in [-0.2, 0) is 4.79 Å². The Morgan fingerprint density at radius 2 is 1.92 bits per heavy atom. The smallest absolute Gasteiger partial charge is 0.224 e. The van der Waals surface area contributed by atoms with Gasteiger partial charge in [-0.05, 0) is 41.0 Å². The Hall–Kier alpha value is -1.58. The molecule has 1 aliphatic rings. The van der Waals surface area contributed by atoms with Crippen LogP contribution >= 0.6 is 12.4 Å². The van der Waals surface area contributed by atoms with Crippen LogP contribution in [0.1, 0.15) is 38.2 Å². The topological polar surface area (TPSA) is 55.1 Å². The molecule has 2 aromatic carbocycles. The average molecular weight is 347 g/mol. The van der Waals surface area contributed by atoms with Gasteiger partial charge in [0, 0.05) is 18.5 Å². The van der Waals surface area contributed by atoms with E-state index in [0.717, 1.165) is 12.8 Å².